The van der Waals surface area contributed by atoms with Gasteiger partial charge in [-0.05, 0) is 61.2 Å². The van der Waals surface area contributed by atoms with Gasteiger partial charge in [-0.15, -0.1) is 0 Å². The van der Waals surface area contributed by atoms with Crippen molar-refractivity contribution in [3.05, 3.63) is 107 Å². The van der Waals surface area contributed by atoms with Crippen LogP contribution in [0.1, 0.15) is 48.3 Å². The average molecular weight is 456 g/mol. The number of amides is 1. The molecule has 1 unspecified atom stereocenters. The molecule has 0 saturated carbocycles. The Morgan fingerprint density at radius 3 is 2.47 bits per heavy atom. The van der Waals surface area contributed by atoms with Gasteiger partial charge < -0.3 is 4.74 Å². The monoisotopic (exact) mass is 455 g/mol. The Morgan fingerprint density at radius 1 is 0.971 bits per heavy atom. The molecule has 0 N–H and O–H groups in total. The average Bonchev–Trinajstić information content (AvgIpc) is 2.83. The Kier molecular flexibility index (Phi) is 6.01. The first-order valence-electron chi connectivity index (χ1n) is 11.6. The third kappa shape index (κ3) is 4.38. The van der Waals surface area contributed by atoms with Crippen LogP contribution in [0.5, 0.6) is 5.75 Å². The molecule has 0 spiro atoms. The second-order valence-corrected chi connectivity index (χ2v) is 8.95. The van der Waals surface area contributed by atoms with Gasteiger partial charge in [0, 0.05) is 30.0 Å². The molecule has 0 fully saturated rings. The topological polar surface area (TPSA) is 46.6 Å². The van der Waals surface area contributed by atoms with Gasteiger partial charge >= 0.3 is 0 Å². The van der Waals surface area contributed by atoms with Crippen LogP contribution in [0, 0.1) is 12.7 Å². The number of hydrogen-bond donors (Lipinski definition) is 0. The number of anilines is 1. The summed E-state index contributed by atoms with van der Waals surface area (Å²) in [6.07, 6.45) is 1.95. The maximum Gasteiger partial charge on any atom is 0.232 e. The summed E-state index contributed by atoms with van der Waals surface area (Å²) in [7, 11) is 0. The number of nitrogens with zero attached hydrogens (tertiary/aromatic N) is 1. The lowest BCUT2D eigenvalue weighted by atomic mass is 9.77. The van der Waals surface area contributed by atoms with E-state index in [-0.39, 0.29) is 24.0 Å². The van der Waals surface area contributed by atoms with Crippen LogP contribution in [-0.4, -0.2) is 11.7 Å². The molecule has 4 nitrogen and oxygen atoms in total. The summed E-state index contributed by atoms with van der Waals surface area (Å²) >= 11 is 0. The van der Waals surface area contributed by atoms with Crippen LogP contribution in [0.2, 0.25) is 0 Å². The van der Waals surface area contributed by atoms with E-state index < -0.39 is 5.82 Å². The molecule has 0 saturated heterocycles. The van der Waals surface area contributed by atoms with Gasteiger partial charge in [-0.3, -0.25) is 14.5 Å². The van der Waals surface area contributed by atoms with Gasteiger partial charge in [0.1, 0.15) is 18.2 Å². The van der Waals surface area contributed by atoms with Crippen molar-refractivity contribution in [2.45, 2.75) is 45.1 Å². The lowest BCUT2D eigenvalue weighted by Gasteiger charge is -2.38. The van der Waals surface area contributed by atoms with Gasteiger partial charge in [0.15, 0.2) is 5.78 Å². The maximum atomic E-state index is 13.9. The standard InChI is InChI=1S/C29H26FNO3/c1-19-8-10-20(11-9-19)18-34-24-14-12-21(13-15-24)25-17-28(33)31(23-5-2-4-22(30)16-23)26-6-3-7-27(32)29(25)26/h2,4-5,8-16,25H,3,6-7,17-18H2,1H3. The quantitative estimate of drug-likeness (QED) is 0.457. The highest BCUT2D eigenvalue weighted by molar-refractivity contribution is 6.07. The molecule has 1 heterocycles. The molecule has 5 rings (SSSR count). The number of allylic oxidation sites excluding steroid dienone is 2. The normalized spacial score (nSPS) is 18.2. The molecule has 0 aromatic heterocycles. The SMILES string of the molecule is Cc1ccc(COc2ccc(C3CC(=O)N(c4cccc(F)c4)C4=C3C(=O)CCC4)cc2)cc1. The molecule has 0 radical (unpaired) electrons. The molecule has 5 heteroatoms. The van der Waals surface area contributed by atoms with Crippen LogP contribution in [-0.2, 0) is 16.2 Å². The van der Waals surface area contributed by atoms with Crippen molar-refractivity contribution in [2.24, 2.45) is 0 Å². The van der Waals surface area contributed by atoms with Crippen molar-refractivity contribution in [3.63, 3.8) is 0 Å². The molecule has 1 aliphatic carbocycles. The number of halogens is 1. The van der Waals surface area contributed by atoms with E-state index in [1.54, 1.807) is 17.0 Å². The first kappa shape index (κ1) is 22.1. The van der Waals surface area contributed by atoms with Crippen LogP contribution < -0.4 is 9.64 Å². The highest BCUT2D eigenvalue weighted by Gasteiger charge is 2.39. The first-order chi connectivity index (χ1) is 16.5. The van der Waals surface area contributed by atoms with Crippen molar-refractivity contribution >= 4 is 17.4 Å². The zero-order valence-corrected chi connectivity index (χ0v) is 19.1. The Labute approximate surface area is 198 Å². The molecule has 1 atom stereocenters. The number of carbonyl (C=O) groups excluding carboxylic acids is 2. The molecule has 3 aromatic rings. The summed E-state index contributed by atoms with van der Waals surface area (Å²) < 4.78 is 19.8. The molecule has 1 aliphatic heterocycles. The van der Waals surface area contributed by atoms with Gasteiger partial charge in [-0.25, -0.2) is 4.39 Å². The third-order valence-electron chi connectivity index (χ3n) is 6.55. The second-order valence-electron chi connectivity index (χ2n) is 8.95. The zero-order chi connectivity index (χ0) is 23.7. The van der Waals surface area contributed by atoms with Gasteiger partial charge in [-0.1, -0.05) is 48.0 Å². The van der Waals surface area contributed by atoms with Crippen LogP contribution in [0.4, 0.5) is 10.1 Å². The molecule has 3 aromatic carbocycles. The maximum absolute atomic E-state index is 13.9. The van der Waals surface area contributed by atoms with E-state index in [0.717, 1.165) is 16.9 Å². The Hall–Kier alpha value is -3.73. The predicted octanol–water partition coefficient (Wildman–Crippen LogP) is 6.24. The highest BCUT2D eigenvalue weighted by atomic mass is 19.1. The predicted molar refractivity (Wildman–Crippen MR) is 129 cm³/mol. The van der Waals surface area contributed by atoms with Crippen molar-refractivity contribution < 1.29 is 18.7 Å². The summed E-state index contributed by atoms with van der Waals surface area (Å²) in [6.45, 7) is 2.52. The van der Waals surface area contributed by atoms with E-state index in [4.69, 9.17) is 4.74 Å². The fourth-order valence-electron chi connectivity index (χ4n) is 4.84. The smallest absolute Gasteiger partial charge is 0.232 e. The summed E-state index contributed by atoms with van der Waals surface area (Å²) in [5, 5.41) is 0. The van der Waals surface area contributed by atoms with E-state index in [1.165, 1.54) is 17.7 Å². The number of ether oxygens (including phenoxy) is 1. The van der Waals surface area contributed by atoms with E-state index in [9.17, 15) is 14.0 Å². The number of ketones is 1. The van der Waals surface area contributed by atoms with Crippen LogP contribution in [0.15, 0.2) is 84.1 Å². The van der Waals surface area contributed by atoms with Gasteiger partial charge in [-0.2, -0.15) is 0 Å². The molecular formula is C29H26FNO3. The van der Waals surface area contributed by atoms with E-state index in [2.05, 4.69) is 19.1 Å². The number of hydrogen-bond acceptors (Lipinski definition) is 3. The van der Waals surface area contributed by atoms with Gasteiger partial charge in [0.25, 0.3) is 0 Å². The number of Topliss-reactive ketones (excluding diaryl/α,β-unsaturated/α-hetero) is 1. The molecule has 2 aliphatic rings. The summed E-state index contributed by atoms with van der Waals surface area (Å²) in [6, 6.07) is 21.9. The Morgan fingerprint density at radius 2 is 1.74 bits per heavy atom. The fraction of sp³-hybridized carbons (Fsp3) is 0.241. The van der Waals surface area contributed by atoms with Crippen molar-refractivity contribution in [1.29, 1.82) is 0 Å². The van der Waals surface area contributed by atoms with Gasteiger partial charge in [0.05, 0.1) is 5.69 Å². The van der Waals surface area contributed by atoms with Crippen molar-refractivity contribution in [1.82, 2.24) is 0 Å². The second kappa shape index (κ2) is 9.26. The van der Waals surface area contributed by atoms with E-state index in [1.807, 2.05) is 36.4 Å². The largest absolute Gasteiger partial charge is 0.489 e. The molecule has 0 bridgehead atoms. The van der Waals surface area contributed by atoms with Crippen LogP contribution in [0.25, 0.3) is 0 Å². The fourth-order valence-corrected chi connectivity index (χ4v) is 4.84. The lowest BCUT2D eigenvalue weighted by Crippen LogP contribution is -2.40. The molecule has 172 valence electrons. The number of rotatable bonds is 5. The number of carbonyl (C=O) groups is 2. The van der Waals surface area contributed by atoms with Crippen molar-refractivity contribution in [3.8, 4) is 5.75 Å². The van der Waals surface area contributed by atoms with Crippen LogP contribution >= 0.6 is 0 Å². The van der Waals surface area contributed by atoms with Crippen molar-refractivity contribution in [2.75, 3.05) is 4.90 Å². The third-order valence-corrected chi connectivity index (χ3v) is 6.55. The minimum atomic E-state index is -0.405. The lowest BCUT2D eigenvalue weighted by molar-refractivity contribution is -0.119. The number of aryl methyl sites for hydroxylation is 1. The zero-order valence-electron chi connectivity index (χ0n) is 19.1. The number of benzene rings is 3. The van der Waals surface area contributed by atoms with Crippen LogP contribution in [0.3, 0.4) is 0 Å². The molecular weight excluding hydrogens is 429 g/mol. The molecule has 1 amide bonds. The summed E-state index contributed by atoms with van der Waals surface area (Å²) in [4.78, 5) is 27.8. The Bertz CT molecular complexity index is 1260. The molecule has 34 heavy (non-hydrogen) atoms. The minimum Gasteiger partial charge on any atom is -0.489 e. The minimum absolute atomic E-state index is 0.0693. The van der Waals surface area contributed by atoms with E-state index >= 15 is 0 Å². The highest BCUT2D eigenvalue weighted by Crippen LogP contribution is 2.43. The Balaban J connectivity index is 1.42. The van der Waals surface area contributed by atoms with Gasteiger partial charge in [0.2, 0.25) is 5.91 Å². The first-order valence-corrected chi connectivity index (χ1v) is 11.6. The van der Waals surface area contributed by atoms with E-state index in [0.29, 0.717) is 42.8 Å². The summed E-state index contributed by atoms with van der Waals surface area (Å²) in [5.41, 5.74) is 5.08. The summed E-state index contributed by atoms with van der Waals surface area (Å²) in [5.74, 6) is -0.0233.